The van der Waals surface area contributed by atoms with Crippen molar-refractivity contribution in [1.29, 1.82) is 0 Å². The first-order valence-electron chi connectivity index (χ1n) is 30.3. The third kappa shape index (κ3) is 7.04. The third-order valence-corrected chi connectivity index (χ3v) is 16.1. The normalized spacial score (nSPS) is 14.8. The molecular formula is C76H51NO. The highest BCUT2D eigenvalue weighted by Crippen LogP contribution is 2.58. The van der Waals surface area contributed by atoms with E-state index in [0.717, 1.165) is 88.9 Å². The fourth-order valence-electron chi connectivity index (χ4n) is 12.6. The number of nitrogens with zero attached hydrogens (tertiary/aromatic N) is 1. The van der Waals surface area contributed by atoms with Gasteiger partial charge in [0.15, 0.2) is 0 Å². The Balaban J connectivity index is 0.922. The molecule has 1 heterocycles. The van der Waals surface area contributed by atoms with Crippen molar-refractivity contribution in [2.24, 2.45) is 0 Å². The molecule has 0 saturated carbocycles. The second-order valence-electron chi connectivity index (χ2n) is 20.1. The van der Waals surface area contributed by atoms with Crippen LogP contribution in [0.25, 0.3) is 66.6 Å². The smallest absolute Gasteiger partial charge is 0.133 e. The van der Waals surface area contributed by atoms with Gasteiger partial charge in [0, 0.05) is 22.4 Å². The van der Waals surface area contributed by atoms with Crippen LogP contribution in [0.3, 0.4) is 0 Å². The minimum atomic E-state index is -0.795. The predicted molar refractivity (Wildman–Crippen MR) is 322 cm³/mol. The summed E-state index contributed by atoms with van der Waals surface area (Å²) < 4.78 is 85.9. The molecular weight excluding hydrogens is 943 g/mol. The third-order valence-electron chi connectivity index (χ3n) is 16.1. The topological polar surface area (TPSA) is 16.4 Å². The van der Waals surface area contributed by atoms with Crippen molar-refractivity contribution in [2.45, 2.75) is 10.8 Å². The molecule has 0 fully saturated rings. The monoisotopic (exact) mass is 1000 g/mol. The molecule has 12 aromatic carbocycles. The second kappa shape index (κ2) is 18.4. The van der Waals surface area contributed by atoms with E-state index >= 15 is 0 Å². The molecule has 2 nitrogen and oxygen atoms in total. The Labute approximate surface area is 466 Å². The number of hydrogen-bond acceptors (Lipinski definition) is 2. The van der Waals surface area contributed by atoms with Gasteiger partial charge in [-0.2, -0.15) is 0 Å². The van der Waals surface area contributed by atoms with Crippen LogP contribution in [0.2, 0.25) is 0 Å². The molecule has 366 valence electrons. The van der Waals surface area contributed by atoms with Crippen LogP contribution in [0, 0.1) is 0 Å². The van der Waals surface area contributed by atoms with Crippen molar-refractivity contribution in [3.8, 4) is 55.6 Å². The van der Waals surface area contributed by atoms with E-state index in [-0.39, 0.29) is 46.7 Å². The fourth-order valence-corrected chi connectivity index (χ4v) is 12.6. The summed E-state index contributed by atoms with van der Waals surface area (Å²) in [4.78, 5) is 1.38. The number of fused-ring (bicyclic) bond motifs is 7. The average molecular weight is 1000 g/mol. The zero-order chi connectivity index (χ0) is 58.6. The molecule has 15 rings (SSSR count). The Morgan fingerprint density at radius 3 is 1.10 bits per heavy atom. The standard InChI is InChI=1S/C76H51NO/c1-5-17-59(18-6-1)75(60-19-7-2-8-20-60)70-27-15-13-25-66(70)68-44-35-56(50-72(68)75)53-31-40-64(41-32-53)77(63-38-29-52(30-39-63)55-37-46-74-58(49-55)47-48-78-74)65-42-33-54(34-43-65)57-36-45-69-67-26-14-16-28-71(67)76(73(69)51-57,61-21-9-3-10-22-61)62-23-11-4-12-24-62/h1-51H/i31D,32D,33D,34D,40D,41D,42D,43D. The Morgan fingerprint density at radius 2 is 0.654 bits per heavy atom. The molecule has 0 spiro atoms. The van der Waals surface area contributed by atoms with Crippen molar-refractivity contribution < 1.29 is 15.4 Å². The maximum Gasteiger partial charge on any atom is 0.133 e. The molecule has 0 aliphatic heterocycles. The van der Waals surface area contributed by atoms with E-state index in [1.165, 1.54) is 4.90 Å². The quantitative estimate of drug-likeness (QED) is 0.136. The maximum absolute atomic E-state index is 10.1. The highest BCUT2D eigenvalue weighted by atomic mass is 16.3. The van der Waals surface area contributed by atoms with Crippen molar-refractivity contribution in [1.82, 2.24) is 0 Å². The maximum atomic E-state index is 10.1. The molecule has 0 amide bonds. The molecule has 13 aromatic rings. The van der Waals surface area contributed by atoms with Gasteiger partial charge in [-0.05, 0) is 167 Å². The molecule has 0 radical (unpaired) electrons. The summed E-state index contributed by atoms with van der Waals surface area (Å²) in [5.41, 5.74) is 14.1. The van der Waals surface area contributed by atoms with Gasteiger partial charge < -0.3 is 9.32 Å². The summed E-state index contributed by atoms with van der Waals surface area (Å²) in [7, 11) is 0. The van der Waals surface area contributed by atoms with Crippen LogP contribution in [-0.4, -0.2) is 0 Å². The van der Waals surface area contributed by atoms with Crippen molar-refractivity contribution in [2.75, 3.05) is 4.90 Å². The van der Waals surface area contributed by atoms with E-state index in [4.69, 9.17) is 4.42 Å². The van der Waals surface area contributed by atoms with Crippen LogP contribution in [0.5, 0.6) is 0 Å². The summed E-state index contributed by atoms with van der Waals surface area (Å²) in [6.07, 6.45) is 1.64. The molecule has 2 heteroatoms. The Kier molecular flexibility index (Phi) is 8.87. The summed E-state index contributed by atoms with van der Waals surface area (Å²) >= 11 is 0. The highest BCUT2D eigenvalue weighted by molar-refractivity contribution is 5.91. The lowest BCUT2D eigenvalue weighted by Gasteiger charge is -2.34. The molecule has 2 aliphatic rings. The fraction of sp³-hybridized carbons (Fsp3) is 0.0263. The van der Waals surface area contributed by atoms with E-state index in [0.29, 0.717) is 16.8 Å². The molecule has 0 atom stereocenters. The average Bonchev–Trinajstić information content (AvgIpc) is 1.55. The molecule has 78 heavy (non-hydrogen) atoms. The molecule has 0 bridgehead atoms. The van der Waals surface area contributed by atoms with Crippen LogP contribution >= 0.6 is 0 Å². The second-order valence-corrected chi connectivity index (χ2v) is 20.1. The number of hydrogen-bond donors (Lipinski definition) is 0. The van der Waals surface area contributed by atoms with Crippen LogP contribution in [-0.2, 0) is 10.8 Å². The summed E-state index contributed by atoms with van der Waals surface area (Å²) in [5, 5.41) is 0.915. The minimum Gasteiger partial charge on any atom is -0.464 e. The van der Waals surface area contributed by atoms with E-state index in [2.05, 4.69) is 72.8 Å². The van der Waals surface area contributed by atoms with Crippen molar-refractivity contribution in [3.05, 3.63) is 354 Å². The SMILES string of the molecule is [2H]c1c([2H])c(N(c2ccc(-c3ccc4occc4c3)cc2)c2c([2H])c([2H])c(-c3ccc4c(c3)C(c3ccccc3)(c3ccccc3)c3ccccc3-4)c([2H])c2[2H])c([2H])c([2H])c1-c1ccc2c(c1)C(c1ccccc1)(c1ccccc1)c1ccccc1-2. The van der Waals surface area contributed by atoms with Gasteiger partial charge in [0.1, 0.15) is 5.58 Å². The number of anilines is 3. The Hall–Kier alpha value is -10.0. The van der Waals surface area contributed by atoms with Gasteiger partial charge in [-0.3, -0.25) is 0 Å². The van der Waals surface area contributed by atoms with Crippen LogP contribution in [0.15, 0.2) is 314 Å². The van der Waals surface area contributed by atoms with Gasteiger partial charge in [0.2, 0.25) is 0 Å². The Morgan fingerprint density at radius 1 is 0.282 bits per heavy atom. The van der Waals surface area contributed by atoms with Crippen molar-refractivity contribution in [3.63, 3.8) is 0 Å². The largest absolute Gasteiger partial charge is 0.464 e. The summed E-state index contributed by atoms with van der Waals surface area (Å²) in [6.45, 7) is 0. The minimum absolute atomic E-state index is 0.0817. The predicted octanol–water partition coefficient (Wildman–Crippen LogP) is 19.6. The zero-order valence-electron chi connectivity index (χ0n) is 50.2. The number of benzene rings is 12. The van der Waals surface area contributed by atoms with Gasteiger partial charge in [0.25, 0.3) is 0 Å². The molecule has 2 aliphatic carbocycles. The van der Waals surface area contributed by atoms with E-state index in [9.17, 15) is 11.0 Å². The Bertz CT molecular complexity index is 4470. The van der Waals surface area contributed by atoms with Gasteiger partial charge in [-0.1, -0.05) is 236 Å². The molecule has 0 unspecified atom stereocenters. The first kappa shape index (κ1) is 37.7. The summed E-state index contributed by atoms with van der Waals surface area (Å²) in [5.74, 6) is 0. The summed E-state index contributed by atoms with van der Waals surface area (Å²) in [6, 6.07) is 81.7. The van der Waals surface area contributed by atoms with E-state index in [1.54, 1.807) is 18.4 Å². The number of rotatable bonds is 10. The lowest BCUT2D eigenvalue weighted by molar-refractivity contribution is 0.616. The first-order valence-corrected chi connectivity index (χ1v) is 26.3. The van der Waals surface area contributed by atoms with E-state index in [1.807, 2.05) is 170 Å². The number of furan rings is 1. The van der Waals surface area contributed by atoms with Crippen LogP contribution in [0.4, 0.5) is 17.1 Å². The lowest BCUT2D eigenvalue weighted by atomic mass is 9.67. The van der Waals surface area contributed by atoms with Gasteiger partial charge in [-0.15, -0.1) is 0 Å². The van der Waals surface area contributed by atoms with Gasteiger partial charge >= 0.3 is 0 Å². The van der Waals surface area contributed by atoms with Crippen molar-refractivity contribution >= 4 is 28.0 Å². The molecule has 0 saturated heterocycles. The first-order chi connectivity index (χ1) is 42.0. The van der Waals surface area contributed by atoms with E-state index < -0.39 is 35.0 Å². The van der Waals surface area contributed by atoms with Crippen LogP contribution in [0.1, 0.15) is 55.5 Å². The molecule has 0 N–H and O–H groups in total. The lowest BCUT2D eigenvalue weighted by Crippen LogP contribution is -2.28. The van der Waals surface area contributed by atoms with Crippen LogP contribution < -0.4 is 4.90 Å². The highest BCUT2D eigenvalue weighted by Gasteiger charge is 2.47. The van der Waals surface area contributed by atoms with Gasteiger partial charge in [-0.25, -0.2) is 0 Å². The van der Waals surface area contributed by atoms with Gasteiger partial charge in [0.05, 0.1) is 28.1 Å². The molecule has 1 aromatic heterocycles. The zero-order valence-corrected chi connectivity index (χ0v) is 42.2.